The van der Waals surface area contributed by atoms with Crippen LogP contribution in [-0.2, 0) is 11.3 Å². The van der Waals surface area contributed by atoms with E-state index in [4.69, 9.17) is 0 Å². The number of halogens is 1. The topological polar surface area (TPSA) is 61.4 Å². The molecule has 5 nitrogen and oxygen atoms in total. The van der Waals surface area contributed by atoms with Crippen molar-refractivity contribution in [2.75, 3.05) is 24.3 Å². The quantitative estimate of drug-likeness (QED) is 0.558. The van der Waals surface area contributed by atoms with E-state index in [-0.39, 0.29) is 24.2 Å². The third-order valence-electron chi connectivity index (χ3n) is 4.58. The molecule has 0 unspecified atom stereocenters. The highest BCUT2D eigenvalue weighted by molar-refractivity contribution is 6.05. The van der Waals surface area contributed by atoms with Gasteiger partial charge < -0.3 is 15.5 Å². The largest absolute Gasteiger partial charge is 0.377 e. The van der Waals surface area contributed by atoms with E-state index in [9.17, 15) is 14.0 Å². The normalized spacial score (nSPS) is 10.7. The Hall–Kier alpha value is -3.93. The molecule has 0 aromatic heterocycles. The summed E-state index contributed by atoms with van der Waals surface area (Å²) >= 11 is 0. The first-order valence-corrected chi connectivity index (χ1v) is 9.80. The van der Waals surface area contributed by atoms with Crippen LogP contribution in [0.15, 0.2) is 78.9 Å². The van der Waals surface area contributed by atoms with Crippen molar-refractivity contribution in [1.29, 1.82) is 0 Å². The number of anilines is 2. The summed E-state index contributed by atoms with van der Waals surface area (Å²) in [7, 11) is 3.68. The lowest BCUT2D eigenvalue weighted by Crippen LogP contribution is -2.25. The van der Waals surface area contributed by atoms with Gasteiger partial charge >= 0.3 is 0 Å². The molecule has 6 heteroatoms. The second-order valence-electron chi connectivity index (χ2n) is 7.17. The van der Waals surface area contributed by atoms with Crippen LogP contribution in [0.1, 0.15) is 21.5 Å². The molecule has 0 bridgehead atoms. The highest BCUT2D eigenvalue weighted by Gasteiger charge is 2.14. The number of hydrogen-bond acceptors (Lipinski definition) is 3. The number of hydrogen-bond donors (Lipinski definition) is 2. The van der Waals surface area contributed by atoms with Crippen molar-refractivity contribution in [3.8, 4) is 0 Å². The third-order valence-corrected chi connectivity index (χ3v) is 4.58. The second kappa shape index (κ2) is 10.2. The van der Waals surface area contributed by atoms with Crippen LogP contribution in [0.2, 0.25) is 0 Å². The van der Waals surface area contributed by atoms with Gasteiger partial charge in [-0.2, -0.15) is 0 Å². The minimum absolute atomic E-state index is 0.266. The molecular formula is C25H24FN3O2. The van der Waals surface area contributed by atoms with E-state index < -0.39 is 0 Å². The summed E-state index contributed by atoms with van der Waals surface area (Å²) in [5, 5.41) is 5.63. The Morgan fingerprint density at radius 2 is 1.68 bits per heavy atom. The fourth-order valence-electron chi connectivity index (χ4n) is 2.99. The average Bonchev–Trinajstić information content (AvgIpc) is 2.77. The first kappa shape index (κ1) is 21.8. The summed E-state index contributed by atoms with van der Waals surface area (Å²) < 4.78 is 13.1. The van der Waals surface area contributed by atoms with E-state index in [1.54, 1.807) is 36.4 Å². The Morgan fingerprint density at radius 3 is 2.35 bits per heavy atom. The van der Waals surface area contributed by atoms with Crippen molar-refractivity contribution in [2.45, 2.75) is 6.54 Å². The third kappa shape index (κ3) is 6.27. The molecule has 158 valence electrons. The molecule has 0 aliphatic carbocycles. The molecule has 0 spiro atoms. The summed E-state index contributed by atoms with van der Waals surface area (Å²) in [5.41, 5.74) is 3.37. The maximum Gasteiger partial charge on any atom is 0.253 e. The molecule has 0 aliphatic rings. The van der Waals surface area contributed by atoms with Crippen LogP contribution in [0, 0.1) is 5.82 Å². The van der Waals surface area contributed by atoms with E-state index in [0.717, 1.165) is 16.8 Å². The van der Waals surface area contributed by atoms with E-state index in [1.807, 2.05) is 49.3 Å². The molecule has 0 saturated heterocycles. The molecule has 0 heterocycles. The highest BCUT2D eigenvalue weighted by Crippen LogP contribution is 2.23. The van der Waals surface area contributed by atoms with Gasteiger partial charge in [0.25, 0.3) is 5.91 Å². The molecule has 0 radical (unpaired) electrons. The molecule has 2 N–H and O–H groups in total. The van der Waals surface area contributed by atoms with Gasteiger partial charge in [-0.15, -0.1) is 0 Å². The van der Waals surface area contributed by atoms with E-state index in [2.05, 4.69) is 10.6 Å². The molecule has 2 amide bonds. The van der Waals surface area contributed by atoms with Crippen LogP contribution < -0.4 is 15.5 Å². The molecule has 0 fully saturated rings. The summed E-state index contributed by atoms with van der Waals surface area (Å²) in [6, 6.07) is 20.6. The van der Waals surface area contributed by atoms with E-state index >= 15 is 0 Å². The lowest BCUT2D eigenvalue weighted by atomic mass is 10.1. The predicted molar refractivity (Wildman–Crippen MR) is 122 cm³/mol. The zero-order chi connectivity index (χ0) is 22.2. The Bertz CT molecular complexity index is 1080. The molecule has 31 heavy (non-hydrogen) atoms. The highest BCUT2D eigenvalue weighted by atomic mass is 19.1. The summed E-state index contributed by atoms with van der Waals surface area (Å²) in [6.07, 6.45) is 3.17. The average molecular weight is 417 g/mol. The number of nitrogens with one attached hydrogen (secondary N) is 2. The van der Waals surface area contributed by atoms with Crippen LogP contribution in [0.5, 0.6) is 0 Å². The Kier molecular flexibility index (Phi) is 7.17. The maximum atomic E-state index is 13.1. The summed E-state index contributed by atoms with van der Waals surface area (Å²) in [6.45, 7) is 0.266. The first-order chi connectivity index (χ1) is 14.9. The van der Waals surface area contributed by atoms with Gasteiger partial charge in [-0.1, -0.05) is 42.5 Å². The monoisotopic (exact) mass is 417 g/mol. The minimum Gasteiger partial charge on any atom is -0.377 e. The van der Waals surface area contributed by atoms with Crippen molar-refractivity contribution >= 4 is 29.3 Å². The van der Waals surface area contributed by atoms with Gasteiger partial charge in [-0.05, 0) is 47.5 Å². The van der Waals surface area contributed by atoms with E-state index in [1.165, 1.54) is 18.2 Å². The van der Waals surface area contributed by atoms with Gasteiger partial charge in [0, 0.05) is 38.1 Å². The summed E-state index contributed by atoms with van der Waals surface area (Å²) in [4.78, 5) is 26.9. The van der Waals surface area contributed by atoms with Crippen molar-refractivity contribution in [3.63, 3.8) is 0 Å². The number of carbonyl (C=O) groups excluding carboxylic acids is 2. The Labute approximate surface area is 181 Å². The number of nitrogens with zero attached hydrogens (tertiary/aromatic N) is 1. The van der Waals surface area contributed by atoms with E-state index in [0.29, 0.717) is 11.3 Å². The molecule has 3 aromatic carbocycles. The van der Waals surface area contributed by atoms with Crippen LogP contribution in [-0.4, -0.2) is 25.9 Å². The predicted octanol–water partition coefficient (Wildman–Crippen LogP) is 4.47. The van der Waals surface area contributed by atoms with Crippen molar-refractivity contribution in [2.24, 2.45) is 0 Å². The first-order valence-electron chi connectivity index (χ1n) is 9.80. The molecular weight excluding hydrogens is 393 g/mol. The lowest BCUT2D eigenvalue weighted by Gasteiger charge is -2.18. The maximum absolute atomic E-state index is 13.1. The van der Waals surface area contributed by atoms with Crippen molar-refractivity contribution in [1.82, 2.24) is 5.32 Å². The minimum atomic E-state index is -0.324. The summed E-state index contributed by atoms with van der Waals surface area (Å²) in [5.74, 6) is -0.905. The molecule has 3 rings (SSSR count). The molecule has 0 aliphatic heterocycles. The van der Waals surface area contributed by atoms with Gasteiger partial charge in [-0.25, -0.2) is 4.39 Å². The van der Waals surface area contributed by atoms with Gasteiger partial charge in [0.05, 0.1) is 5.56 Å². The fourth-order valence-corrected chi connectivity index (χ4v) is 2.99. The van der Waals surface area contributed by atoms with Crippen LogP contribution >= 0.6 is 0 Å². The Morgan fingerprint density at radius 1 is 0.968 bits per heavy atom. The van der Waals surface area contributed by atoms with Crippen LogP contribution in [0.4, 0.5) is 15.8 Å². The molecule has 0 atom stereocenters. The Balaban J connectivity index is 1.72. The van der Waals surface area contributed by atoms with Crippen molar-refractivity contribution < 1.29 is 14.0 Å². The number of carbonyl (C=O) groups is 2. The smallest absolute Gasteiger partial charge is 0.253 e. The molecule has 3 aromatic rings. The SMILES string of the molecule is CN(C)c1ccc(NC(=O)/C=C/c2ccccc2)cc1C(=O)NCc1ccc(F)cc1. The second-order valence-corrected chi connectivity index (χ2v) is 7.17. The molecule has 0 saturated carbocycles. The zero-order valence-electron chi connectivity index (χ0n) is 17.4. The van der Waals surface area contributed by atoms with Crippen LogP contribution in [0.25, 0.3) is 6.08 Å². The van der Waals surface area contributed by atoms with Crippen molar-refractivity contribution in [3.05, 3.63) is 101 Å². The lowest BCUT2D eigenvalue weighted by molar-refractivity contribution is -0.111. The standard InChI is InChI=1S/C25H24FN3O2/c1-29(2)23-14-13-21(28-24(30)15-10-18-6-4-3-5-7-18)16-22(23)25(31)27-17-19-8-11-20(26)12-9-19/h3-16H,17H2,1-2H3,(H,27,31)(H,28,30)/b15-10+. The zero-order valence-corrected chi connectivity index (χ0v) is 17.4. The van der Waals surface area contributed by atoms with Crippen LogP contribution in [0.3, 0.4) is 0 Å². The van der Waals surface area contributed by atoms with Gasteiger partial charge in [0.2, 0.25) is 5.91 Å². The number of rotatable bonds is 7. The van der Waals surface area contributed by atoms with Gasteiger partial charge in [-0.3, -0.25) is 9.59 Å². The number of benzene rings is 3. The van der Waals surface area contributed by atoms with Gasteiger partial charge in [0.15, 0.2) is 0 Å². The number of amides is 2. The van der Waals surface area contributed by atoms with Gasteiger partial charge in [0.1, 0.15) is 5.82 Å². The fraction of sp³-hybridized carbons (Fsp3) is 0.120.